The molecule has 0 unspecified atom stereocenters. The molecule has 0 radical (unpaired) electrons. The van der Waals surface area contributed by atoms with Gasteiger partial charge in [0, 0.05) is 23.4 Å². The summed E-state index contributed by atoms with van der Waals surface area (Å²) in [7, 11) is 0. The van der Waals surface area contributed by atoms with E-state index < -0.39 is 0 Å². The van der Waals surface area contributed by atoms with Crippen molar-refractivity contribution < 1.29 is 19.2 Å². The molecular formula is C24H28NO4+. The highest BCUT2D eigenvalue weighted by molar-refractivity contribution is 5.82. The summed E-state index contributed by atoms with van der Waals surface area (Å²) in [5.41, 5.74) is 5.10. The van der Waals surface area contributed by atoms with E-state index in [0.717, 1.165) is 47.5 Å². The van der Waals surface area contributed by atoms with Gasteiger partial charge in [0.2, 0.25) is 0 Å². The lowest BCUT2D eigenvalue weighted by atomic mass is 9.95. The van der Waals surface area contributed by atoms with Crippen LogP contribution in [0.3, 0.4) is 0 Å². The predicted octanol–water partition coefficient (Wildman–Crippen LogP) is 3.30. The first kappa shape index (κ1) is 19.5. The van der Waals surface area contributed by atoms with Gasteiger partial charge in [-0.05, 0) is 53.8 Å². The molecule has 0 saturated heterocycles. The largest absolute Gasteiger partial charge is 0.486 e. The number of hydrogen-bond acceptors (Lipinski definition) is 4. The van der Waals surface area contributed by atoms with Crippen LogP contribution >= 0.6 is 0 Å². The Bertz CT molecular complexity index is 1080. The molecule has 5 heteroatoms. The fourth-order valence-electron chi connectivity index (χ4n) is 3.95. The van der Waals surface area contributed by atoms with Gasteiger partial charge in [-0.3, -0.25) is 0 Å². The maximum atomic E-state index is 12.0. The van der Waals surface area contributed by atoms with Crippen LogP contribution in [0.25, 0.3) is 11.0 Å². The third-order valence-corrected chi connectivity index (χ3v) is 5.45. The Morgan fingerprint density at radius 3 is 2.62 bits per heavy atom. The van der Waals surface area contributed by atoms with Crippen molar-refractivity contribution in [1.29, 1.82) is 0 Å². The Hall–Kier alpha value is -2.79. The Morgan fingerprint density at radius 1 is 1.03 bits per heavy atom. The molecule has 0 atom stereocenters. The molecule has 0 fully saturated rings. The van der Waals surface area contributed by atoms with E-state index in [-0.39, 0.29) is 5.63 Å². The van der Waals surface area contributed by atoms with Gasteiger partial charge < -0.3 is 19.2 Å². The van der Waals surface area contributed by atoms with E-state index in [0.29, 0.717) is 24.7 Å². The summed E-state index contributed by atoms with van der Waals surface area (Å²) in [6.45, 7) is 9.32. The minimum atomic E-state index is -0.288. The van der Waals surface area contributed by atoms with Crippen LogP contribution < -0.4 is 20.4 Å². The van der Waals surface area contributed by atoms with Crippen LogP contribution in [-0.4, -0.2) is 19.8 Å². The zero-order valence-electron chi connectivity index (χ0n) is 17.3. The summed E-state index contributed by atoms with van der Waals surface area (Å²) in [5, 5.41) is 3.27. The number of hydrogen-bond donors (Lipinski definition) is 1. The van der Waals surface area contributed by atoms with E-state index >= 15 is 0 Å². The summed E-state index contributed by atoms with van der Waals surface area (Å²) in [6, 6.07) is 11.9. The number of rotatable bonds is 6. The van der Waals surface area contributed by atoms with E-state index in [9.17, 15) is 4.79 Å². The van der Waals surface area contributed by atoms with E-state index in [1.54, 1.807) is 6.07 Å². The molecule has 2 heterocycles. The minimum absolute atomic E-state index is 0.288. The van der Waals surface area contributed by atoms with Crippen molar-refractivity contribution >= 4 is 11.0 Å². The average molecular weight is 394 g/mol. The molecular weight excluding hydrogens is 366 g/mol. The maximum absolute atomic E-state index is 12.0. The fraction of sp³-hybridized carbons (Fsp3) is 0.375. The minimum Gasteiger partial charge on any atom is -0.486 e. The quantitative estimate of drug-likeness (QED) is 0.515. The number of benzene rings is 2. The highest BCUT2D eigenvalue weighted by atomic mass is 16.6. The van der Waals surface area contributed by atoms with Gasteiger partial charge in [-0.25, -0.2) is 4.79 Å². The SMILES string of the molecule is Cc1cc2oc(=O)cc(C[NH2+]CCc3ccc4c(c3)OCCO4)c2cc1C(C)C. The summed E-state index contributed by atoms with van der Waals surface area (Å²) < 4.78 is 16.7. The highest BCUT2D eigenvalue weighted by Gasteiger charge is 2.14. The third kappa shape index (κ3) is 4.30. The average Bonchev–Trinajstić information content (AvgIpc) is 2.70. The molecule has 0 aliphatic carbocycles. The normalized spacial score (nSPS) is 13.2. The van der Waals surface area contributed by atoms with Crippen molar-refractivity contribution in [2.24, 2.45) is 0 Å². The van der Waals surface area contributed by atoms with Gasteiger partial charge in [-0.1, -0.05) is 19.9 Å². The summed E-state index contributed by atoms with van der Waals surface area (Å²) >= 11 is 0. The molecule has 0 saturated carbocycles. The van der Waals surface area contributed by atoms with Crippen LogP contribution in [-0.2, 0) is 13.0 Å². The third-order valence-electron chi connectivity index (χ3n) is 5.45. The van der Waals surface area contributed by atoms with Gasteiger partial charge in [0.15, 0.2) is 11.5 Å². The van der Waals surface area contributed by atoms with Gasteiger partial charge in [-0.2, -0.15) is 0 Å². The molecule has 29 heavy (non-hydrogen) atoms. The van der Waals surface area contributed by atoms with E-state index in [1.807, 2.05) is 12.1 Å². The zero-order chi connectivity index (χ0) is 20.4. The summed E-state index contributed by atoms with van der Waals surface area (Å²) in [4.78, 5) is 12.0. The van der Waals surface area contributed by atoms with Gasteiger partial charge in [0.1, 0.15) is 25.3 Å². The van der Waals surface area contributed by atoms with Gasteiger partial charge in [0.05, 0.1) is 6.54 Å². The smallest absolute Gasteiger partial charge is 0.336 e. The van der Waals surface area contributed by atoms with Crippen LogP contribution in [0.15, 0.2) is 45.6 Å². The Kier molecular flexibility index (Phi) is 5.58. The second kappa shape index (κ2) is 8.29. The van der Waals surface area contributed by atoms with Crippen molar-refractivity contribution in [2.75, 3.05) is 19.8 Å². The maximum Gasteiger partial charge on any atom is 0.336 e. The molecule has 0 bridgehead atoms. The lowest BCUT2D eigenvalue weighted by Crippen LogP contribution is -2.83. The molecule has 3 aromatic rings. The molecule has 1 aromatic heterocycles. The molecule has 5 nitrogen and oxygen atoms in total. The molecule has 0 spiro atoms. The number of ether oxygens (including phenoxy) is 2. The van der Waals surface area contributed by atoms with Crippen molar-refractivity contribution in [1.82, 2.24) is 0 Å². The van der Waals surface area contributed by atoms with Crippen LogP contribution in [0.4, 0.5) is 0 Å². The van der Waals surface area contributed by atoms with Gasteiger partial charge in [-0.15, -0.1) is 0 Å². The van der Waals surface area contributed by atoms with E-state index in [4.69, 9.17) is 13.9 Å². The van der Waals surface area contributed by atoms with Crippen molar-refractivity contribution in [2.45, 2.75) is 39.7 Å². The van der Waals surface area contributed by atoms with E-state index in [2.05, 4.69) is 44.3 Å². The number of quaternary nitrogens is 1. The first-order valence-corrected chi connectivity index (χ1v) is 10.3. The summed E-state index contributed by atoms with van der Waals surface area (Å²) in [5.74, 6) is 2.08. The van der Waals surface area contributed by atoms with Gasteiger partial charge in [0.25, 0.3) is 0 Å². The molecule has 0 amide bonds. The van der Waals surface area contributed by atoms with Crippen LogP contribution in [0.5, 0.6) is 11.5 Å². The molecule has 1 aliphatic rings. The monoisotopic (exact) mass is 394 g/mol. The lowest BCUT2D eigenvalue weighted by molar-refractivity contribution is -0.670. The van der Waals surface area contributed by atoms with Crippen LogP contribution in [0.1, 0.15) is 42.0 Å². The summed E-state index contributed by atoms with van der Waals surface area (Å²) in [6.07, 6.45) is 0.923. The Morgan fingerprint density at radius 2 is 1.83 bits per heavy atom. The van der Waals surface area contributed by atoms with Crippen molar-refractivity contribution in [3.05, 3.63) is 69.1 Å². The number of fused-ring (bicyclic) bond motifs is 2. The second-order valence-electron chi connectivity index (χ2n) is 7.96. The number of nitrogens with two attached hydrogens (primary N) is 1. The topological polar surface area (TPSA) is 65.3 Å². The van der Waals surface area contributed by atoms with Crippen LogP contribution in [0, 0.1) is 6.92 Å². The van der Waals surface area contributed by atoms with Crippen molar-refractivity contribution in [3.63, 3.8) is 0 Å². The molecule has 152 valence electrons. The fourth-order valence-corrected chi connectivity index (χ4v) is 3.95. The second-order valence-corrected chi connectivity index (χ2v) is 7.96. The van der Waals surface area contributed by atoms with Gasteiger partial charge >= 0.3 is 5.63 Å². The van der Waals surface area contributed by atoms with E-state index in [1.165, 1.54) is 11.1 Å². The molecule has 2 aromatic carbocycles. The zero-order valence-corrected chi connectivity index (χ0v) is 17.3. The first-order chi connectivity index (χ1) is 14.0. The Labute approximate surface area is 170 Å². The molecule has 2 N–H and O–H groups in total. The Balaban J connectivity index is 1.46. The molecule has 1 aliphatic heterocycles. The lowest BCUT2D eigenvalue weighted by Gasteiger charge is -2.18. The standard InChI is InChI=1S/C24H27NO4/c1-15(2)19-13-20-18(12-24(26)29-22(20)10-16(19)3)14-25-7-6-17-4-5-21-23(11-17)28-9-8-27-21/h4-5,10-13,15,25H,6-9,14H2,1-3H3/p+1. The van der Waals surface area contributed by atoms with Crippen molar-refractivity contribution in [3.8, 4) is 11.5 Å². The predicted molar refractivity (Wildman–Crippen MR) is 113 cm³/mol. The van der Waals surface area contributed by atoms with Crippen LogP contribution in [0.2, 0.25) is 0 Å². The molecule has 4 rings (SSSR count). The first-order valence-electron chi connectivity index (χ1n) is 10.3. The highest BCUT2D eigenvalue weighted by Crippen LogP contribution is 2.30. The number of aryl methyl sites for hydroxylation is 1.